The molecule has 0 aliphatic heterocycles. The summed E-state index contributed by atoms with van der Waals surface area (Å²) in [6.45, 7) is 2.38. The normalized spacial score (nSPS) is 10.7. The van der Waals surface area contributed by atoms with Crippen LogP contribution >= 0.6 is 0 Å². The second-order valence-electron chi connectivity index (χ2n) is 5.85. The number of rotatable bonds is 7. The van der Waals surface area contributed by atoms with Gasteiger partial charge in [0.25, 0.3) is 0 Å². The van der Waals surface area contributed by atoms with Crippen molar-refractivity contribution >= 4 is 11.0 Å². The van der Waals surface area contributed by atoms with Gasteiger partial charge in [-0.05, 0) is 30.7 Å². The standard InChI is InChI=1S/C21H22O6/c1-5-10-26-21-18(22)14-8-6-7-9-15(14)27-19(21)13-11-16(23-2)20(25-4)17(12-13)24-3/h6-9,11-12H,5,10H2,1-4H3. The highest BCUT2D eigenvalue weighted by atomic mass is 16.5. The number of benzene rings is 2. The predicted molar refractivity (Wildman–Crippen MR) is 103 cm³/mol. The predicted octanol–water partition coefficient (Wildman–Crippen LogP) is 4.27. The van der Waals surface area contributed by atoms with E-state index in [-0.39, 0.29) is 11.2 Å². The lowest BCUT2D eigenvalue weighted by molar-refractivity contribution is 0.308. The van der Waals surface area contributed by atoms with Gasteiger partial charge < -0.3 is 23.4 Å². The molecule has 0 atom stereocenters. The van der Waals surface area contributed by atoms with Gasteiger partial charge in [0.1, 0.15) is 5.58 Å². The maximum Gasteiger partial charge on any atom is 0.235 e. The summed E-state index contributed by atoms with van der Waals surface area (Å²) in [4.78, 5) is 13.0. The molecular formula is C21H22O6. The number of ether oxygens (including phenoxy) is 4. The maximum absolute atomic E-state index is 13.0. The van der Waals surface area contributed by atoms with Gasteiger partial charge in [-0.15, -0.1) is 0 Å². The third kappa shape index (κ3) is 3.43. The molecule has 0 saturated heterocycles. The molecule has 0 fully saturated rings. The first-order valence-electron chi connectivity index (χ1n) is 8.63. The Bertz CT molecular complexity index is 980. The van der Waals surface area contributed by atoms with Crippen molar-refractivity contribution in [2.24, 2.45) is 0 Å². The molecule has 0 saturated carbocycles. The van der Waals surface area contributed by atoms with Crippen LogP contribution in [-0.2, 0) is 0 Å². The Hall–Kier alpha value is -3.15. The zero-order chi connectivity index (χ0) is 19.4. The Morgan fingerprint density at radius 1 is 0.926 bits per heavy atom. The molecule has 0 aliphatic rings. The van der Waals surface area contributed by atoms with Gasteiger partial charge in [-0.2, -0.15) is 0 Å². The van der Waals surface area contributed by atoms with Crippen LogP contribution in [0.15, 0.2) is 45.6 Å². The summed E-state index contributed by atoms with van der Waals surface area (Å²) in [5.74, 6) is 1.88. The molecular weight excluding hydrogens is 348 g/mol. The van der Waals surface area contributed by atoms with Crippen LogP contribution in [0.3, 0.4) is 0 Å². The molecule has 142 valence electrons. The Morgan fingerprint density at radius 3 is 2.19 bits per heavy atom. The molecule has 2 aromatic carbocycles. The van der Waals surface area contributed by atoms with E-state index in [1.54, 1.807) is 30.3 Å². The third-order valence-electron chi connectivity index (χ3n) is 4.13. The highest BCUT2D eigenvalue weighted by molar-refractivity contribution is 5.82. The lowest BCUT2D eigenvalue weighted by Crippen LogP contribution is -2.11. The van der Waals surface area contributed by atoms with Crippen molar-refractivity contribution in [2.75, 3.05) is 27.9 Å². The minimum atomic E-state index is -0.214. The van der Waals surface area contributed by atoms with Crippen LogP contribution in [0.25, 0.3) is 22.3 Å². The monoisotopic (exact) mass is 370 g/mol. The van der Waals surface area contributed by atoms with Crippen LogP contribution in [0.5, 0.6) is 23.0 Å². The zero-order valence-corrected chi connectivity index (χ0v) is 15.8. The van der Waals surface area contributed by atoms with Crippen LogP contribution in [0.4, 0.5) is 0 Å². The van der Waals surface area contributed by atoms with E-state index in [1.807, 2.05) is 13.0 Å². The van der Waals surface area contributed by atoms with E-state index in [0.29, 0.717) is 46.1 Å². The minimum Gasteiger partial charge on any atom is -0.493 e. The largest absolute Gasteiger partial charge is 0.493 e. The minimum absolute atomic E-state index is 0.171. The molecule has 0 spiro atoms. The van der Waals surface area contributed by atoms with Crippen molar-refractivity contribution in [3.63, 3.8) is 0 Å². The summed E-state index contributed by atoms with van der Waals surface area (Å²) in [5, 5.41) is 0.472. The second-order valence-corrected chi connectivity index (χ2v) is 5.85. The highest BCUT2D eigenvalue weighted by Crippen LogP contribution is 2.43. The van der Waals surface area contributed by atoms with Crippen LogP contribution in [0.1, 0.15) is 13.3 Å². The second kappa shape index (κ2) is 8.03. The van der Waals surface area contributed by atoms with Crippen molar-refractivity contribution in [2.45, 2.75) is 13.3 Å². The van der Waals surface area contributed by atoms with Crippen LogP contribution in [0, 0.1) is 0 Å². The average molecular weight is 370 g/mol. The number of hydrogen-bond acceptors (Lipinski definition) is 6. The van der Waals surface area contributed by atoms with Gasteiger partial charge in [0, 0.05) is 5.56 Å². The number of hydrogen-bond donors (Lipinski definition) is 0. The van der Waals surface area contributed by atoms with Crippen molar-refractivity contribution < 1.29 is 23.4 Å². The van der Waals surface area contributed by atoms with Gasteiger partial charge in [-0.3, -0.25) is 4.79 Å². The molecule has 0 radical (unpaired) electrons. The van der Waals surface area contributed by atoms with E-state index < -0.39 is 0 Å². The highest BCUT2D eigenvalue weighted by Gasteiger charge is 2.21. The van der Waals surface area contributed by atoms with E-state index in [1.165, 1.54) is 21.3 Å². The van der Waals surface area contributed by atoms with Gasteiger partial charge in [0.05, 0.1) is 33.3 Å². The van der Waals surface area contributed by atoms with E-state index in [0.717, 1.165) is 6.42 Å². The SMILES string of the molecule is CCCOc1c(-c2cc(OC)c(OC)c(OC)c2)oc2ccccc2c1=O. The Kier molecular flexibility index (Phi) is 5.54. The molecule has 0 N–H and O–H groups in total. The molecule has 3 rings (SSSR count). The topological polar surface area (TPSA) is 67.1 Å². The quantitative estimate of drug-likeness (QED) is 0.619. The molecule has 27 heavy (non-hydrogen) atoms. The third-order valence-corrected chi connectivity index (χ3v) is 4.13. The molecule has 0 aliphatic carbocycles. The fourth-order valence-electron chi connectivity index (χ4n) is 2.86. The fourth-order valence-corrected chi connectivity index (χ4v) is 2.86. The summed E-state index contributed by atoms with van der Waals surface area (Å²) in [7, 11) is 4.60. The van der Waals surface area contributed by atoms with Gasteiger partial charge >= 0.3 is 0 Å². The molecule has 0 bridgehead atoms. The summed E-state index contributed by atoms with van der Waals surface area (Å²) in [6, 6.07) is 10.5. The molecule has 6 heteroatoms. The molecule has 1 heterocycles. The molecule has 1 aromatic heterocycles. The van der Waals surface area contributed by atoms with E-state index >= 15 is 0 Å². The van der Waals surface area contributed by atoms with Crippen molar-refractivity contribution in [3.05, 3.63) is 46.6 Å². The first-order valence-corrected chi connectivity index (χ1v) is 8.63. The Labute approximate surface area is 157 Å². The summed E-state index contributed by atoms with van der Waals surface area (Å²) < 4.78 is 28.0. The lowest BCUT2D eigenvalue weighted by Gasteiger charge is -2.15. The van der Waals surface area contributed by atoms with E-state index in [4.69, 9.17) is 23.4 Å². The number of methoxy groups -OCH3 is 3. The van der Waals surface area contributed by atoms with Gasteiger partial charge in [-0.25, -0.2) is 0 Å². The van der Waals surface area contributed by atoms with Crippen LogP contribution < -0.4 is 24.4 Å². The first kappa shape index (κ1) is 18.6. The fraction of sp³-hybridized carbons (Fsp3) is 0.286. The Morgan fingerprint density at radius 2 is 1.59 bits per heavy atom. The van der Waals surface area contributed by atoms with Gasteiger partial charge in [0.2, 0.25) is 16.9 Å². The van der Waals surface area contributed by atoms with E-state index in [9.17, 15) is 4.79 Å². The van der Waals surface area contributed by atoms with Gasteiger partial charge in [-0.1, -0.05) is 19.1 Å². The van der Waals surface area contributed by atoms with E-state index in [2.05, 4.69) is 0 Å². The molecule has 3 aromatic rings. The van der Waals surface area contributed by atoms with Gasteiger partial charge in [0.15, 0.2) is 17.3 Å². The lowest BCUT2D eigenvalue weighted by atomic mass is 10.1. The summed E-state index contributed by atoms with van der Waals surface area (Å²) in [6.07, 6.45) is 0.765. The van der Waals surface area contributed by atoms with Crippen molar-refractivity contribution in [1.82, 2.24) is 0 Å². The number of fused-ring (bicyclic) bond motifs is 1. The maximum atomic E-state index is 13.0. The summed E-state index contributed by atoms with van der Waals surface area (Å²) in [5.41, 5.74) is 0.864. The molecule has 0 amide bonds. The van der Waals surface area contributed by atoms with Crippen LogP contribution in [-0.4, -0.2) is 27.9 Å². The molecule has 0 unspecified atom stereocenters. The summed E-state index contributed by atoms with van der Waals surface area (Å²) >= 11 is 0. The van der Waals surface area contributed by atoms with Crippen molar-refractivity contribution in [1.29, 1.82) is 0 Å². The average Bonchev–Trinajstić information content (AvgIpc) is 2.71. The molecule has 6 nitrogen and oxygen atoms in total. The first-order chi connectivity index (χ1) is 13.1. The number of para-hydroxylation sites is 1. The Balaban J connectivity index is 2.31. The zero-order valence-electron chi connectivity index (χ0n) is 15.8. The smallest absolute Gasteiger partial charge is 0.235 e. The van der Waals surface area contributed by atoms with Crippen LogP contribution in [0.2, 0.25) is 0 Å². The van der Waals surface area contributed by atoms with Crippen molar-refractivity contribution in [3.8, 4) is 34.3 Å².